The van der Waals surface area contributed by atoms with E-state index in [4.69, 9.17) is 0 Å². The monoisotopic (exact) mass is 291 g/mol. The number of unbranched alkanes of at least 4 members (excludes halogenated alkanes) is 2. The van der Waals surface area contributed by atoms with Gasteiger partial charge in [-0.05, 0) is 36.6 Å². The van der Waals surface area contributed by atoms with Crippen LogP contribution in [0.3, 0.4) is 0 Å². The smallest absolute Gasteiger partial charge is 0.210 e. The molecule has 22 heavy (non-hydrogen) atoms. The van der Waals surface area contributed by atoms with Crippen LogP contribution in [0.1, 0.15) is 47.8 Å². The van der Waals surface area contributed by atoms with Gasteiger partial charge in [-0.3, -0.25) is 4.79 Å². The first-order valence-electron chi connectivity index (χ1n) is 8.00. The summed E-state index contributed by atoms with van der Waals surface area (Å²) in [5.41, 5.74) is 3.82. The lowest BCUT2D eigenvalue weighted by atomic mass is 10.0. The van der Waals surface area contributed by atoms with Gasteiger partial charge in [0.1, 0.15) is 0 Å². The molecule has 1 aromatic carbocycles. The van der Waals surface area contributed by atoms with Crippen LogP contribution in [0.4, 0.5) is 0 Å². The molecular formula is C20H21NO. The molecule has 2 aromatic heterocycles. The van der Waals surface area contributed by atoms with Crippen molar-refractivity contribution in [2.45, 2.75) is 32.6 Å². The molecule has 0 fully saturated rings. The fraction of sp³-hybridized carbons (Fsp3) is 0.250. The Balaban J connectivity index is 2.05. The molecule has 0 saturated heterocycles. The molecule has 0 radical (unpaired) electrons. The molecule has 0 aliphatic carbocycles. The zero-order chi connectivity index (χ0) is 15.4. The van der Waals surface area contributed by atoms with Gasteiger partial charge in [-0.2, -0.15) is 0 Å². The first-order chi connectivity index (χ1) is 10.8. The first kappa shape index (κ1) is 14.6. The van der Waals surface area contributed by atoms with Crippen LogP contribution in [0, 0.1) is 0 Å². The van der Waals surface area contributed by atoms with Crippen molar-refractivity contribution in [1.82, 2.24) is 4.40 Å². The molecule has 0 aliphatic rings. The third-order valence-corrected chi connectivity index (χ3v) is 4.06. The summed E-state index contributed by atoms with van der Waals surface area (Å²) in [7, 11) is 0. The number of aryl methyl sites for hydroxylation is 1. The number of rotatable bonds is 6. The minimum absolute atomic E-state index is 0.110. The third-order valence-electron chi connectivity index (χ3n) is 4.06. The number of ketones is 1. The van der Waals surface area contributed by atoms with E-state index in [9.17, 15) is 4.79 Å². The minimum Gasteiger partial charge on any atom is -0.313 e. The van der Waals surface area contributed by atoms with Crippen molar-refractivity contribution in [1.29, 1.82) is 0 Å². The standard InChI is InChI=1S/C20H21NO/c1-2-3-5-12-17-15-18-13-8-9-14-21(18)19(17)20(22)16-10-6-4-7-11-16/h4,6-11,13-15H,2-3,5,12H2,1H3. The summed E-state index contributed by atoms with van der Waals surface area (Å²) < 4.78 is 2.02. The Bertz CT molecular complexity index is 771. The van der Waals surface area contributed by atoms with Gasteiger partial charge < -0.3 is 4.40 Å². The average Bonchev–Trinajstić information content (AvgIpc) is 2.93. The molecule has 112 valence electrons. The fourth-order valence-corrected chi connectivity index (χ4v) is 2.92. The highest BCUT2D eigenvalue weighted by Gasteiger charge is 2.18. The summed E-state index contributed by atoms with van der Waals surface area (Å²) in [5.74, 6) is 0.110. The van der Waals surface area contributed by atoms with Crippen molar-refractivity contribution in [3.63, 3.8) is 0 Å². The number of aromatic nitrogens is 1. The summed E-state index contributed by atoms with van der Waals surface area (Å²) >= 11 is 0. The molecule has 0 bridgehead atoms. The van der Waals surface area contributed by atoms with Gasteiger partial charge in [0.2, 0.25) is 5.78 Å². The van der Waals surface area contributed by atoms with Crippen LogP contribution in [-0.4, -0.2) is 10.2 Å². The first-order valence-corrected chi connectivity index (χ1v) is 8.00. The Labute approximate surface area is 131 Å². The van der Waals surface area contributed by atoms with E-state index in [1.165, 1.54) is 12.8 Å². The van der Waals surface area contributed by atoms with Crippen molar-refractivity contribution in [3.05, 3.63) is 77.6 Å². The Morgan fingerprint density at radius 3 is 2.55 bits per heavy atom. The maximum atomic E-state index is 13.0. The second-order valence-electron chi connectivity index (χ2n) is 5.67. The zero-order valence-corrected chi connectivity index (χ0v) is 13.0. The Morgan fingerprint density at radius 2 is 1.77 bits per heavy atom. The Morgan fingerprint density at radius 1 is 1.00 bits per heavy atom. The maximum absolute atomic E-state index is 13.0. The van der Waals surface area contributed by atoms with E-state index in [0.717, 1.165) is 35.2 Å². The van der Waals surface area contributed by atoms with Crippen LogP contribution in [0.5, 0.6) is 0 Å². The van der Waals surface area contributed by atoms with E-state index in [1.54, 1.807) is 0 Å². The van der Waals surface area contributed by atoms with Crippen LogP contribution < -0.4 is 0 Å². The van der Waals surface area contributed by atoms with Gasteiger partial charge >= 0.3 is 0 Å². The van der Waals surface area contributed by atoms with Gasteiger partial charge in [-0.15, -0.1) is 0 Å². The lowest BCUT2D eigenvalue weighted by Gasteiger charge is -2.06. The lowest BCUT2D eigenvalue weighted by Crippen LogP contribution is -2.08. The van der Waals surface area contributed by atoms with Gasteiger partial charge in [-0.25, -0.2) is 0 Å². The van der Waals surface area contributed by atoms with Gasteiger partial charge in [0.25, 0.3) is 0 Å². The predicted octanol–water partition coefficient (Wildman–Crippen LogP) is 4.90. The largest absolute Gasteiger partial charge is 0.313 e. The molecule has 0 amide bonds. The number of pyridine rings is 1. The Kier molecular flexibility index (Phi) is 4.38. The van der Waals surface area contributed by atoms with Gasteiger partial charge in [-0.1, -0.05) is 56.2 Å². The summed E-state index contributed by atoms with van der Waals surface area (Å²) in [6.07, 6.45) is 6.46. The molecule has 2 nitrogen and oxygen atoms in total. The molecular weight excluding hydrogens is 270 g/mol. The maximum Gasteiger partial charge on any atom is 0.210 e. The van der Waals surface area contributed by atoms with Crippen molar-refractivity contribution >= 4 is 11.3 Å². The minimum atomic E-state index is 0.110. The molecule has 0 aliphatic heterocycles. The summed E-state index contributed by atoms with van der Waals surface area (Å²) in [4.78, 5) is 13.0. The van der Waals surface area contributed by atoms with Gasteiger partial charge in [0, 0.05) is 17.3 Å². The van der Waals surface area contributed by atoms with E-state index >= 15 is 0 Å². The predicted molar refractivity (Wildman–Crippen MR) is 90.5 cm³/mol. The van der Waals surface area contributed by atoms with Crippen LogP contribution in [0.2, 0.25) is 0 Å². The summed E-state index contributed by atoms with van der Waals surface area (Å²) in [6, 6.07) is 17.8. The van der Waals surface area contributed by atoms with Crippen molar-refractivity contribution < 1.29 is 4.79 Å². The molecule has 0 saturated carbocycles. The molecule has 3 rings (SSSR count). The lowest BCUT2D eigenvalue weighted by molar-refractivity contribution is 0.103. The third kappa shape index (κ3) is 2.82. The fourth-order valence-electron chi connectivity index (χ4n) is 2.92. The van der Waals surface area contributed by atoms with Crippen molar-refractivity contribution in [3.8, 4) is 0 Å². The van der Waals surface area contributed by atoms with E-state index in [2.05, 4.69) is 19.1 Å². The average molecular weight is 291 g/mol. The highest BCUT2D eigenvalue weighted by atomic mass is 16.1. The summed E-state index contributed by atoms with van der Waals surface area (Å²) in [5, 5.41) is 0. The van der Waals surface area contributed by atoms with Crippen LogP contribution in [0.15, 0.2) is 60.8 Å². The van der Waals surface area contributed by atoms with Crippen LogP contribution >= 0.6 is 0 Å². The van der Waals surface area contributed by atoms with E-state index in [1.807, 2.05) is 53.1 Å². The van der Waals surface area contributed by atoms with E-state index < -0.39 is 0 Å². The van der Waals surface area contributed by atoms with E-state index in [0.29, 0.717) is 0 Å². The normalized spacial score (nSPS) is 11.0. The second-order valence-corrected chi connectivity index (χ2v) is 5.67. The molecule has 3 aromatic rings. The molecule has 2 heterocycles. The van der Waals surface area contributed by atoms with Crippen LogP contribution in [0.25, 0.3) is 5.52 Å². The number of nitrogens with zero attached hydrogens (tertiary/aromatic N) is 1. The molecule has 0 spiro atoms. The molecule has 0 N–H and O–H groups in total. The van der Waals surface area contributed by atoms with Crippen molar-refractivity contribution in [2.24, 2.45) is 0 Å². The number of benzene rings is 1. The number of fused-ring (bicyclic) bond motifs is 1. The number of carbonyl (C=O) groups excluding carboxylic acids is 1. The second kappa shape index (κ2) is 6.61. The number of hydrogen-bond acceptors (Lipinski definition) is 1. The highest BCUT2D eigenvalue weighted by Crippen LogP contribution is 2.22. The van der Waals surface area contributed by atoms with Gasteiger partial charge in [0.15, 0.2) is 0 Å². The van der Waals surface area contributed by atoms with E-state index in [-0.39, 0.29) is 5.78 Å². The number of carbonyl (C=O) groups is 1. The molecule has 0 unspecified atom stereocenters. The molecule has 0 atom stereocenters. The SMILES string of the molecule is CCCCCc1cc2ccccn2c1C(=O)c1ccccc1. The summed E-state index contributed by atoms with van der Waals surface area (Å²) in [6.45, 7) is 2.20. The topological polar surface area (TPSA) is 21.5 Å². The zero-order valence-electron chi connectivity index (χ0n) is 13.0. The van der Waals surface area contributed by atoms with Crippen molar-refractivity contribution in [2.75, 3.05) is 0 Å². The quantitative estimate of drug-likeness (QED) is 0.467. The number of hydrogen-bond donors (Lipinski definition) is 0. The van der Waals surface area contributed by atoms with Crippen LogP contribution in [-0.2, 0) is 6.42 Å². The molecule has 2 heteroatoms. The highest BCUT2D eigenvalue weighted by molar-refractivity contribution is 6.09. The van der Waals surface area contributed by atoms with Gasteiger partial charge in [0.05, 0.1) is 5.69 Å². The Hall–Kier alpha value is -2.35.